The van der Waals surface area contributed by atoms with Crippen molar-refractivity contribution >= 4 is 0 Å². The molecule has 2 nitrogen and oxygen atoms in total. The third-order valence-corrected chi connectivity index (χ3v) is 3.90. The molecular formula is C14H29NO. The van der Waals surface area contributed by atoms with Crippen LogP contribution in [0.3, 0.4) is 0 Å². The molecule has 0 aliphatic heterocycles. The van der Waals surface area contributed by atoms with Crippen molar-refractivity contribution in [1.82, 2.24) is 4.90 Å². The van der Waals surface area contributed by atoms with E-state index in [1.165, 1.54) is 32.1 Å². The molecule has 96 valence electrons. The largest absolute Gasteiger partial charge is 0.391 e. The second-order valence-corrected chi connectivity index (χ2v) is 6.26. The first kappa shape index (κ1) is 14.0. The standard InChI is InChI=1S/C14H29NO/c1-5-15(11-13(16)14(2,3)4)12-9-7-6-8-10-12/h12-13,16H,5-11H2,1-4H3. The molecule has 0 saturated heterocycles. The number of aliphatic hydroxyl groups is 1. The molecule has 1 rings (SSSR count). The molecule has 0 radical (unpaired) electrons. The van der Waals surface area contributed by atoms with E-state index in [9.17, 15) is 5.11 Å². The van der Waals surface area contributed by atoms with Gasteiger partial charge in [-0.05, 0) is 24.8 Å². The molecule has 1 N–H and O–H groups in total. The smallest absolute Gasteiger partial charge is 0.0715 e. The summed E-state index contributed by atoms with van der Waals surface area (Å²) in [5.74, 6) is 0. The van der Waals surface area contributed by atoms with Crippen molar-refractivity contribution in [2.24, 2.45) is 5.41 Å². The second-order valence-electron chi connectivity index (χ2n) is 6.26. The van der Waals surface area contributed by atoms with E-state index in [0.29, 0.717) is 0 Å². The molecule has 0 heterocycles. The average Bonchev–Trinajstić information content (AvgIpc) is 2.25. The SMILES string of the molecule is CCN(CC(O)C(C)(C)C)C1CCCCC1. The Morgan fingerprint density at radius 1 is 1.19 bits per heavy atom. The van der Waals surface area contributed by atoms with Crippen molar-refractivity contribution in [3.8, 4) is 0 Å². The number of nitrogens with zero attached hydrogens (tertiary/aromatic N) is 1. The molecule has 1 aliphatic rings. The Labute approximate surface area is 101 Å². The fourth-order valence-electron chi connectivity index (χ4n) is 2.48. The highest BCUT2D eigenvalue weighted by Gasteiger charge is 2.27. The summed E-state index contributed by atoms with van der Waals surface area (Å²) in [5.41, 5.74) is 0.00207. The van der Waals surface area contributed by atoms with Crippen molar-refractivity contribution in [2.75, 3.05) is 13.1 Å². The number of rotatable bonds is 4. The first-order valence-corrected chi connectivity index (χ1v) is 6.87. The summed E-state index contributed by atoms with van der Waals surface area (Å²) in [6.07, 6.45) is 6.57. The van der Waals surface area contributed by atoms with Gasteiger partial charge in [-0.2, -0.15) is 0 Å². The zero-order chi connectivity index (χ0) is 12.2. The van der Waals surface area contributed by atoms with Crippen LogP contribution in [-0.4, -0.2) is 35.2 Å². The third kappa shape index (κ3) is 4.06. The molecule has 2 heteroatoms. The van der Waals surface area contributed by atoms with Gasteiger partial charge in [0.15, 0.2) is 0 Å². The van der Waals surface area contributed by atoms with Gasteiger partial charge in [-0.25, -0.2) is 0 Å². The van der Waals surface area contributed by atoms with E-state index in [4.69, 9.17) is 0 Å². The number of hydrogen-bond acceptors (Lipinski definition) is 2. The minimum absolute atomic E-state index is 0.00207. The Balaban J connectivity index is 2.47. The molecule has 16 heavy (non-hydrogen) atoms. The Kier molecular flexibility index (Phi) is 5.26. The average molecular weight is 227 g/mol. The Morgan fingerprint density at radius 2 is 1.75 bits per heavy atom. The van der Waals surface area contributed by atoms with Crippen LogP contribution in [0.2, 0.25) is 0 Å². The first-order chi connectivity index (χ1) is 7.45. The molecular weight excluding hydrogens is 198 g/mol. The van der Waals surface area contributed by atoms with E-state index in [0.717, 1.165) is 19.1 Å². The van der Waals surface area contributed by atoms with Gasteiger partial charge >= 0.3 is 0 Å². The van der Waals surface area contributed by atoms with E-state index >= 15 is 0 Å². The predicted octanol–water partition coefficient (Wildman–Crippen LogP) is 3.05. The molecule has 0 aromatic rings. The van der Waals surface area contributed by atoms with Crippen molar-refractivity contribution in [3.63, 3.8) is 0 Å². The topological polar surface area (TPSA) is 23.5 Å². The molecule has 1 saturated carbocycles. The fraction of sp³-hybridized carbons (Fsp3) is 1.00. The minimum atomic E-state index is -0.214. The lowest BCUT2D eigenvalue weighted by atomic mass is 9.87. The number of hydrogen-bond donors (Lipinski definition) is 1. The molecule has 0 bridgehead atoms. The Morgan fingerprint density at radius 3 is 2.19 bits per heavy atom. The van der Waals surface area contributed by atoms with Crippen molar-refractivity contribution in [2.45, 2.75) is 71.9 Å². The van der Waals surface area contributed by atoms with Crippen molar-refractivity contribution in [3.05, 3.63) is 0 Å². The molecule has 0 aromatic heterocycles. The van der Waals surface area contributed by atoms with Gasteiger partial charge < -0.3 is 5.11 Å². The van der Waals surface area contributed by atoms with Crippen molar-refractivity contribution < 1.29 is 5.11 Å². The summed E-state index contributed by atoms with van der Waals surface area (Å²) >= 11 is 0. The van der Waals surface area contributed by atoms with Gasteiger partial charge in [0, 0.05) is 12.6 Å². The Bertz CT molecular complexity index is 191. The summed E-state index contributed by atoms with van der Waals surface area (Å²) in [4.78, 5) is 2.48. The van der Waals surface area contributed by atoms with E-state index in [2.05, 4.69) is 32.6 Å². The van der Waals surface area contributed by atoms with Crippen LogP contribution in [0.25, 0.3) is 0 Å². The number of likely N-dealkylation sites (N-methyl/N-ethyl adjacent to an activating group) is 1. The van der Waals surface area contributed by atoms with Crippen LogP contribution in [0.15, 0.2) is 0 Å². The molecule has 0 spiro atoms. The van der Waals surface area contributed by atoms with Gasteiger partial charge in [-0.15, -0.1) is 0 Å². The molecule has 0 amide bonds. The van der Waals surface area contributed by atoms with Crippen LogP contribution in [0.1, 0.15) is 59.8 Å². The van der Waals surface area contributed by atoms with E-state index in [1.54, 1.807) is 0 Å². The maximum Gasteiger partial charge on any atom is 0.0715 e. The van der Waals surface area contributed by atoms with Crippen molar-refractivity contribution in [1.29, 1.82) is 0 Å². The zero-order valence-corrected chi connectivity index (χ0v) is 11.5. The highest BCUT2D eigenvalue weighted by Crippen LogP contribution is 2.25. The van der Waals surface area contributed by atoms with E-state index in [1.807, 2.05) is 0 Å². The first-order valence-electron chi connectivity index (χ1n) is 6.87. The molecule has 1 fully saturated rings. The van der Waals surface area contributed by atoms with Gasteiger partial charge in [-0.1, -0.05) is 47.0 Å². The lowest BCUT2D eigenvalue weighted by Gasteiger charge is -2.37. The quantitative estimate of drug-likeness (QED) is 0.798. The normalized spacial score (nSPS) is 21.4. The lowest BCUT2D eigenvalue weighted by molar-refractivity contribution is 0.0119. The monoisotopic (exact) mass is 227 g/mol. The fourth-order valence-corrected chi connectivity index (χ4v) is 2.48. The predicted molar refractivity (Wildman–Crippen MR) is 69.6 cm³/mol. The molecule has 1 atom stereocenters. The van der Waals surface area contributed by atoms with Crippen LogP contribution >= 0.6 is 0 Å². The highest BCUT2D eigenvalue weighted by molar-refractivity contribution is 4.81. The second kappa shape index (κ2) is 6.02. The molecule has 0 aromatic carbocycles. The van der Waals surface area contributed by atoms with E-state index in [-0.39, 0.29) is 11.5 Å². The van der Waals surface area contributed by atoms with Crippen LogP contribution in [0.5, 0.6) is 0 Å². The highest BCUT2D eigenvalue weighted by atomic mass is 16.3. The summed E-state index contributed by atoms with van der Waals surface area (Å²) in [6.45, 7) is 10.5. The van der Waals surface area contributed by atoms with Crippen LogP contribution in [-0.2, 0) is 0 Å². The minimum Gasteiger partial charge on any atom is -0.391 e. The summed E-state index contributed by atoms with van der Waals surface area (Å²) in [6, 6.07) is 0.718. The van der Waals surface area contributed by atoms with Gasteiger partial charge in [0.05, 0.1) is 6.10 Å². The summed E-state index contributed by atoms with van der Waals surface area (Å²) in [5, 5.41) is 10.2. The zero-order valence-electron chi connectivity index (χ0n) is 11.5. The third-order valence-electron chi connectivity index (χ3n) is 3.90. The number of aliphatic hydroxyl groups excluding tert-OH is 1. The van der Waals surface area contributed by atoms with Gasteiger partial charge in [0.2, 0.25) is 0 Å². The van der Waals surface area contributed by atoms with Crippen LogP contribution in [0, 0.1) is 5.41 Å². The summed E-state index contributed by atoms with van der Waals surface area (Å²) < 4.78 is 0. The summed E-state index contributed by atoms with van der Waals surface area (Å²) in [7, 11) is 0. The molecule has 1 aliphatic carbocycles. The lowest BCUT2D eigenvalue weighted by Crippen LogP contribution is -2.45. The van der Waals surface area contributed by atoms with Gasteiger partial charge in [-0.3, -0.25) is 4.90 Å². The van der Waals surface area contributed by atoms with Crippen LogP contribution in [0.4, 0.5) is 0 Å². The van der Waals surface area contributed by atoms with Gasteiger partial charge in [0.1, 0.15) is 0 Å². The Hall–Kier alpha value is -0.0800. The van der Waals surface area contributed by atoms with Gasteiger partial charge in [0.25, 0.3) is 0 Å². The maximum absolute atomic E-state index is 10.2. The van der Waals surface area contributed by atoms with E-state index < -0.39 is 0 Å². The maximum atomic E-state index is 10.2. The van der Waals surface area contributed by atoms with Crippen LogP contribution < -0.4 is 0 Å². The molecule has 1 unspecified atom stereocenters.